The van der Waals surface area contributed by atoms with Crippen molar-refractivity contribution in [2.45, 2.75) is 38.8 Å². The van der Waals surface area contributed by atoms with Gasteiger partial charge >= 0.3 is 0 Å². The maximum Gasteiger partial charge on any atom is 0.110 e. The summed E-state index contributed by atoms with van der Waals surface area (Å²) in [5.74, 6) is 6.79. The Morgan fingerprint density at radius 1 is 1.35 bits per heavy atom. The Bertz CT molecular complexity index is 538. The van der Waals surface area contributed by atoms with Crippen molar-refractivity contribution in [1.82, 2.24) is 15.0 Å². The molecule has 0 aliphatic rings. The lowest BCUT2D eigenvalue weighted by molar-refractivity contribution is 0.494. The van der Waals surface area contributed by atoms with Crippen LogP contribution in [-0.2, 0) is 19.4 Å². The van der Waals surface area contributed by atoms with Gasteiger partial charge in [0.1, 0.15) is 5.82 Å². The third-order valence-corrected chi connectivity index (χ3v) is 4.13. The summed E-state index contributed by atoms with van der Waals surface area (Å²) < 4.78 is 3.32. The van der Waals surface area contributed by atoms with E-state index in [0.29, 0.717) is 0 Å². The summed E-state index contributed by atoms with van der Waals surface area (Å²) in [4.78, 5) is 4.44. The minimum Gasteiger partial charge on any atom is -0.335 e. The highest BCUT2D eigenvalue weighted by Gasteiger charge is 2.13. The van der Waals surface area contributed by atoms with E-state index in [9.17, 15) is 0 Å². The Kier molecular flexibility index (Phi) is 5.76. The minimum atomic E-state index is 0.173. The Balaban J connectivity index is 2.05. The molecule has 1 aromatic heterocycles. The van der Waals surface area contributed by atoms with Crippen molar-refractivity contribution >= 4 is 15.9 Å². The van der Waals surface area contributed by atoms with Gasteiger partial charge in [0.05, 0.1) is 0 Å². The third kappa shape index (κ3) is 3.91. The molecule has 0 amide bonds. The molecule has 2 rings (SSSR count). The average molecular weight is 337 g/mol. The number of aryl methyl sites for hydroxylation is 1. The van der Waals surface area contributed by atoms with E-state index in [1.54, 1.807) is 0 Å². The van der Waals surface area contributed by atoms with Crippen LogP contribution in [0.5, 0.6) is 0 Å². The second-order valence-electron chi connectivity index (χ2n) is 4.90. The first kappa shape index (κ1) is 15.2. The number of hydrogen-bond acceptors (Lipinski definition) is 3. The fourth-order valence-electron chi connectivity index (χ4n) is 2.31. The fraction of sp³-hybridized carbons (Fsp3) is 0.400. The Morgan fingerprint density at radius 3 is 2.85 bits per heavy atom. The summed E-state index contributed by atoms with van der Waals surface area (Å²) in [6.45, 7) is 3.17. The van der Waals surface area contributed by atoms with Gasteiger partial charge in [0.25, 0.3) is 0 Å². The fourth-order valence-corrected chi connectivity index (χ4v) is 2.76. The van der Waals surface area contributed by atoms with Gasteiger partial charge in [0.2, 0.25) is 0 Å². The number of rotatable bonds is 7. The molecule has 1 atom stereocenters. The lowest BCUT2D eigenvalue weighted by Crippen LogP contribution is -2.39. The van der Waals surface area contributed by atoms with Crippen molar-refractivity contribution in [2.75, 3.05) is 0 Å². The Hall–Kier alpha value is -1.17. The summed E-state index contributed by atoms with van der Waals surface area (Å²) in [6.07, 6.45) is 6.69. The quantitative estimate of drug-likeness (QED) is 0.603. The molecule has 4 nitrogen and oxygen atoms in total. The van der Waals surface area contributed by atoms with Crippen molar-refractivity contribution in [3.05, 3.63) is 52.5 Å². The lowest BCUT2D eigenvalue weighted by Gasteiger charge is -2.17. The van der Waals surface area contributed by atoms with Crippen LogP contribution < -0.4 is 11.3 Å². The van der Waals surface area contributed by atoms with Gasteiger partial charge in [-0.25, -0.2) is 4.98 Å². The number of hydrazine groups is 1. The summed E-state index contributed by atoms with van der Waals surface area (Å²) in [5, 5.41) is 0. The van der Waals surface area contributed by atoms with Crippen LogP contribution in [0.25, 0.3) is 0 Å². The van der Waals surface area contributed by atoms with Crippen LogP contribution in [0.15, 0.2) is 41.1 Å². The molecule has 3 N–H and O–H groups in total. The van der Waals surface area contributed by atoms with Crippen molar-refractivity contribution in [3.8, 4) is 0 Å². The maximum atomic E-state index is 5.71. The first-order chi connectivity index (χ1) is 9.74. The molecule has 0 bridgehead atoms. The lowest BCUT2D eigenvalue weighted by atomic mass is 10.0. The molecule has 0 saturated carbocycles. The third-order valence-electron chi connectivity index (χ3n) is 3.36. The molecule has 5 heteroatoms. The Labute approximate surface area is 128 Å². The predicted octanol–water partition coefficient (Wildman–Crippen LogP) is 2.67. The SMILES string of the molecule is CCCn1ccnc1CC(Cc1ccccc1Br)NN. The molecular formula is C15H21BrN4. The molecule has 1 unspecified atom stereocenters. The van der Waals surface area contributed by atoms with Gasteiger partial charge in [-0.3, -0.25) is 11.3 Å². The summed E-state index contributed by atoms with van der Waals surface area (Å²) in [5.41, 5.74) is 4.16. The largest absolute Gasteiger partial charge is 0.335 e. The summed E-state index contributed by atoms with van der Waals surface area (Å²) in [6, 6.07) is 8.41. The van der Waals surface area contributed by atoms with Gasteiger partial charge in [-0.2, -0.15) is 0 Å². The molecule has 0 aliphatic carbocycles. The van der Waals surface area contributed by atoms with Crippen molar-refractivity contribution in [3.63, 3.8) is 0 Å². The Morgan fingerprint density at radius 2 is 2.15 bits per heavy atom. The van der Waals surface area contributed by atoms with E-state index >= 15 is 0 Å². The van der Waals surface area contributed by atoms with Gasteiger partial charge in [0, 0.05) is 35.9 Å². The van der Waals surface area contributed by atoms with Crippen molar-refractivity contribution in [1.29, 1.82) is 0 Å². The first-order valence-electron chi connectivity index (χ1n) is 6.94. The smallest absolute Gasteiger partial charge is 0.110 e. The molecule has 108 valence electrons. The van der Waals surface area contributed by atoms with Crippen LogP contribution >= 0.6 is 15.9 Å². The zero-order valence-electron chi connectivity index (χ0n) is 11.7. The van der Waals surface area contributed by atoms with Crippen LogP contribution in [0, 0.1) is 0 Å². The molecule has 20 heavy (non-hydrogen) atoms. The van der Waals surface area contributed by atoms with Crippen molar-refractivity contribution in [2.24, 2.45) is 5.84 Å². The molecule has 0 aliphatic heterocycles. The van der Waals surface area contributed by atoms with E-state index in [4.69, 9.17) is 5.84 Å². The molecule has 0 radical (unpaired) electrons. The topological polar surface area (TPSA) is 55.9 Å². The second-order valence-corrected chi connectivity index (χ2v) is 5.75. The zero-order chi connectivity index (χ0) is 14.4. The molecule has 1 heterocycles. The minimum absolute atomic E-state index is 0.173. The molecule has 0 fully saturated rings. The average Bonchev–Trinajstić information content (AvgIpc) is 2.88. The normalized spacial score (nSPS) is 12.6. The highest BCUT2D eigenvalue weighted by atomic mass is 79.9. The van der Waals surface area contributed by atoms with Gasteiger partial charge in [0.15, 0.2) is 0 Å². The molecular weight excluding hydrogens is 316 g/mol. The van der Waals surface area contributed by atoms with Crippen LogP contribution in [0.4, 0.5) is 0 Å². The van der Waals surface area contributed by atoms with Crippen molar-refractivity contribution < 1.29 is 0 Å². The highest BCUT2D eigenvalue weighted by molar-refractivity contribution is 9.10. The van der Waals surface area contributed by atoms with Crippen LogP contribution in [0.2, 0.25) is 0 Å². The van der Waals surface area contributed by atoms with E-state index < -0.39 is 0 Å². The number of nitrogens with two attached hydrogens (primary N) is 1. The second kappa shape index (κ2) is 7.57. The summed E-state index contributed by atoms with van der Waals surface area (Å²) >= 11 is 3.58. The molecule has 2 aromatic rings. The van der Waals surface area contributed by atoms with E-state index in [2.05, 4.69) is 50.0 Å². The zero-order valence-corrected chi connectivity index (χ0v) is 13.3. The number of halogens is 1. The number of benzene rings is 1. The number of aromatic nitrogens is 2. The van der Waals surface area contributed by atoms with E-state index in [1.807, 2.05) is 24.5 Å². The summed E-state index contributed by atoms with van der Waals surface area (Å²) in [7, 11) is 0. The maximum absolute atomic E-state index is 5.71. The van der Waals surface area contributed by atoms with E-state index in [1.165, 1.54) is 5.56 Å². The number of nitrogens with one attached hydrogen (secondary N) is 1. The predicted molar refractivity (Wildman–Crippen MR) is 85.2 cm³/mol. The standard InChI is InChI=1S/C15H21BrN4/c1-2-8-20-9-7-18-15(20)11-13(19-17)10-12-5-3-4-6-14(12)16/h3-7,9,13,19H,2,8,10-11,17H2,1H3. The highest BCUT2D eigenvalue weighted by Crippen LogP contribution is 2.18. The molecule has 0 spiro atoms. The van der Waals surface area contributed by atoms with E-state index in [0.717, 1.165) is 36.1 Å². The van der Waals surface area contributed by atoms with Gasteiger partial charge in [-0.1, -0.05) is 41.1 Å². The van der Waals surface area contributed by atoms with Gasteiger partial charge in [-0.05, 0) is 24.5 Å². The number of hydrogen-bond donors (Lipinski definition) is 2. The first-order valence-corrected chi connectivity index (χ1v) is 7.73. The molecule has 0 saturated heterocycles. The monoisotopic (exact) mass is 336 g/mol. The molecule has 1 aromatic carbocycles. The van der Waals surface area contributed by atoms with Gasteiger partial charge < -0.3 is 4.57 Å². The van der Waals surface area contributed by atoms with Crippen LogP contribution in [-0.4, -0.2) is 15.6 Å². The van der Waals surface area contributed by atoms with Crippen LogP contribution in [0.1, 0.15) is 24.7 Å². The van der Waals surface area contributed by atoms with Crippen LogP contribution in [0.3, 0.4) is 0 Å². The number of imidazole rings is 1. The van der Waals surface area contributed by atoms with E-state index in [-0.39, 0.29) is 6.04 Å². The number of nitrogens with zero attached hydrogens (tertiary/aromatic N) is 2. The van der Waals surface area contributed by atoms with Gasteiger partial charge in [-0.15, -0.1) is 0 Å².